The van der Waals surface area contributed by atoms with Crippen molar-refractivity contribution in [3.8, 4) is 0 Å². The van der Waals surface area contributed by atoms with Crippen LogP contribution in [0.5, 0.6) is 0 Å². The van der Waals surface area contributed by atoms with E-state index in [1.165, 1.54) is 25.0 Å². The lowest BCUT2D eigenvalue weighted by Crippen LogP contribution is -2.78. The lowest BCUT2D eigenvalue weighted by Gasteiger charge is -2.73. The minimum atomic E-state index is -3.85. The Morgan fingerprint density at radius 1 is 1.13 bits per heavy atom. The molecule has 4 saturated carbocycles. The molecule has 38 heavy (non-hydrogen) atoms. The van der Waals surface area contributed by atoms with Crippen LogP contribution in [0.2, 0.25) is 5.02 Å². The molecule has 2 bridgehead atoms. The molecule has 1 atom stereocenters. The van der Waals surface area contributed by atoms with Crippen LogP contribution in [0.4, 0.5) is 4.39 Å². The Labute approximate surface area is 228 Å². The summed E-state index contributed by atoms with van der Waals surface area (Å²) in [6.45, 7) is 4.09. The number of hydrogen-bond donors (Lipinski definition) is 1. The number of benzene rings is 2. The molecule has 7 rings (SSSR count). The molecule has 2 aromatic carbocycles. The van der Waals surface area contributed by atoms with Gasteiger partial charge in [-0.05, 0) is 75.3 Å². The monoisotopic (exact) mass is 557 g/mol. The SMILES string of the molecule is CC1(C)NC(C23CC(N(Cc4ccc(Cl)c(F)c4)S(=O)(=O)c4ccccc4)(C2)C3)=N[C@H]1C(=O)CCC1CC1. The van der Waals surface area contributed by atoms with Crippen LogP contribution in [0.25, 0.3) is 0 Å². The van der Waals surface area contributed by atoms with Gasteiger partial charge in [0.05, 0.1) is 15.5 Å². The third-order valence-electron chi connectivity index (χ3n) is 8.86. The highest BCUT2D eigenvalue weighted by Gasteiger charge is 2.75. The van der Waals surface area contributed by atoms with Crippen molar-refractivity contribution in [1.29, 1.82) is 0 Å². The number of halogens is 2. The highest BCUT2D eigenvalue weighted by Crippen LogP contribution is 2.71. The van der Waals surface area contributed by atoms with E-state index in [2.05, 4.69) is 5.32 Å². The van der Waals surface area contributed by atoms with Crippen LogP contribution in [0.15, 0.2) is 58.4 Å². The molecule has 0 radical (unpaired) electrons. The number of rotatable bonds is 10. The summed E-state index contributed by atoms with van der Waals surface area (Å²) in [5.74, 6) is 1.15. The highest BCUT2D eigenvalue weighted by atomic mass is 35.5. The summed E-state index contributed by atoms with van der Waals surface area (Å²) in [7, 11) is -3.85. The van der Waals surface area contributed by atoms with Crippen molar-refractivity contribution in [3.05, 3.63) is 64.9 Å². The molecular formula is C29H33ClFN3O3S. The van der Waals surface area contributed by atoms with Gasteiger partial charge in [0, 0.05) is 23.9 Å². The zero-order chi connectivity index (χ0) is 26.9. The number of carbonyl (C=O) groups is 1. The number of sulfonamides is 1. The van der Waals surface area contributed by atoms with Crippen LogP contribution >= 0.6 is 11.6 Å². The lowest BCUT2D eigenvalue weighted by molar-refractivity contribution is -0.151. The first kappa shape index (κ1) is 26.0. The second-order valence-electron chi connectivity index (χ2n) is 12.3. The van der Waals surface area contributed by atoms with E-state index in [0.717, 1.165) is 12.3 Å². The summed E-state index contributed by atoms with van der Waals surface area (Å²) in [5.41, 5.74) is -0.745. The van der Waals surface area contributed by atoms with Crippen LogP contribution in [0, 0.1) is 17.2 Å². The summed E-state index contributed by atoms with van der Waals surface area (Å²) in [5, 5.41) is 3.54. The first-order valence-electron chi connectivity index (χ1n) is 13.4. The van der Waals surface area contributed by atoms with Gasteiger partial charge in [-0.2, -0.15) is 4.31 Å². The van der Waals surface area contributed by atoms with Gasteiger partial charge >= 0.3 is 0 Å². The van der Waals surface area contributed by atoms with E-state index in [4.69, 9.17) is 16.6 Å². The smallest absolute Gasteiger partial charge is 0.243 e. The van der Waals surface area contributed by atoms with Crippen molar-refractivity contribution in [3.63, 3.8) is 0 Å². The van der Waals surface area contributed by atoms with Crippen LogP contribution in [0.1, 0.15) is 64.4 Å². The fourth-order valence-electron chi connectivity index (χ4n) is 6.61. The number of nitrogens with zero attached hydrogens (tertiary/aromatic N) is 2. The Morgan fingerprint density at radius 2 is 1.82 bits per heavy atom. The molecule has 1 aliphatic heterocycles. The summed E-state index contributed by atoms with van der Waals surface area (Å²) in [6, 6.07) is 12.4. The van der Waals surface area contributed by atoms with Gasteiger partial charge in [0.1, 0.15) is 17.7 Å². The Kier molecular flexibility index (Phi) is 6.05. The Balaban J connectivity index is 1.25. The van der Waals surface area contributed by atoms with Crippen molar-refractivity contribution in [2.45, 2.75) is 87.4 Å². The topological polar surface area (TPSA) is 78.8 Å². The van der Waals surface area contributed by atoms with E-state index in [1.807, 2.05) is 13.8 Å². The Morgan fingerprint density at radius 3 is 2.45 bits per heavy atom. The Hall–Kier alpha value is -2.29. The van der Waals surface area contributed by atoms with E-state index in [0.29, 0.717) is 37.2 Å². The molecule has 4 fully saturated rings. The van der Waals surface area contributed by atoms with Crippen LogP contribution in [-0.2, 0) is 21.4 Å². The number of aliphatic imine (C=N–C) groups is 1. The average molecular weight is 558 g/mol. The van der Waals surface area contributed by atoms with Gasteiger partial charge in [0.15, 0.2) is 5.78 Å². The van der Waals surface area contributed by atoms with Gasteiger partial charge in [-0.25, -0.2) is 12.8 Å². The van der Waals surface area contributed by atoms with Gasteiger partial charge in [-0.15, -0.1) is 0 Å². The molecule has 0 spiro atoms. The third-order valence-corrected chi connectivity index (χ3v) is 11.1. The minimum Gasteiger partial charge on any atom is -0.366 e. The van der Waals surface area contributed by atoms with E-state index in [9.17, 15) is 17.6 Å². The average Bonchev–Trinajstić information content (AvgIpc) is 3.60. The van der Waals surface area contributed by atoms with Crippen LogP contribution in [-0.4, -0.2) is 41.5 Å². The van der Waals surface area contributed by atoms with Crippen LogP contribution < -0.4 is 5.32 Å². The number of nitrogens with one attached hydrogen (secondary N) is 1. The van der Waals surface area contributed by atoms with Crippen molar-refractivity contribution < 1.29 is 17.6 Å². The fourth-order valence-corrected chi connectivity index (χ4v) is 8.51. The molecule has 2 aromatic rings. The summed E-state index contributed by atoms with van der Waals surface area (Å²) < 4.78 is 43.5. The summed E-state index contributed by atoms with van der Waals surface area (Å²) in [6.07, 6.45) is 5.82. The van der Waals surface area contributed by atoms with Crippen molar-refractivity contribution >= 4 is 33.2 Å². The molecule has 0 saturated heterocycles. The molecular weight excluding hydrogens is 525 g/mol. The molecule has 0 amide bonds. The van der Waals surface area contributed by atoms with Gasteiger partial charge in [-0.1, -0.05) is 48.7 Å². The molecule has 5 aliphatic rings. The number of hydrogen-bond acceptors (Lipinski definition) is 5. The largest absolute Gasteiger partial charge is 0.366 e. The second kappa shape index (κ2) is 8.86. The lowest BCUT2D eigenvalue weighted by atomic mass is 9.38. The van der Waals surface area contributed by atoms with Gasteiger partial charge in [0.2, 0.25) is 10.0 Å². The maximum absolute atomic E-state index is 14.2. The Bertz CT molecular complexity index is 1400. The zero-order valence-corrected chi connectivity index (χ0v) is 23.3. The number of Topliss-reactive ketones (excluding diaryl/α,β-unsaturated/α-hetero) is 1. The predicted octanol–water partition coefficient (Wildman–Crippen LogP) is 5.50. The van der Waals surface area contributed by atoms with Gasteiger partial charge in [0.25, 0.3) is 0 Å². The molecule has 6 nitrogen and oxygen atoms in total. The number of amidine groups is 1. The zero-order valence-electron chi connectivity index (χ0n) is 21.7. The molecule has 0 unspecified atom stereocenters. The second-order valence-corrected chi connectivity index (χ2v) is 14.6. The molecule has 1 N–H and O–H groups in total. The van der Waals surface area contributed by atoms with E-state index >= 15 is 0 Å². The molecule has 1 heterocycles. The third kappa shape index (κ3) is 4.29. The number of ketones is 1. The molecule has 4 aliphatic carbocycles. The van der Waals surface area contributed by atoms with Crippen molar-refractivity contribution in [2.75, 3.05) is 0 Å². The minimum absolute atomic E-state index is 0.00449. The van der Waals surface area contributed by atoms with Crippen LogP contribution in [0.3, 0.4) is 0 Å². The van der Waals surface area contributed by atoms with Crippen molar-refractivity contribution in [2.24, 2.45) is 16.3 Å². The normalized spacial score (nSPS) is 29.3. The highest BCUT2D eigenvalue weighted by molar-refractivity contribution is 7.89. The van der Waals surface area contributed by atoms with Gasteiger partial charge < -0.3 is 5.32 Å². The molecule has 0 aromatic heterocycles. The first-order chi connectivity index (χ1) is 17.9. The molecule has 9 heteroatoms. The summed E-state index contributed by atoms with van der Waals surface area (Å²) >= 11 is 5.87. The number of carbonyl (C=O) groups excluding carboxylic acids is 1. The van der Waals surface area contributed by atoms with Gasteiger partial charge in [-0.3, -0.25) is 9.79 Å². The molecule has 202 valence electrons. The first-order valence-corrected chi connectivity index (χ1v) is 15.2. The maximum atomic E-state index is 14.2. The summed E-state index contributed by atoms with van der Waals surface area (Å²) in [4.78, 5) is 18.1. The fraction of sp³-hybridized carbons (Fsp3) is 0.517. The van der Waals surface area contributed by atoms with E-state index < -0.39 is 33.0 Å². The quantitative estimate of drug-likeness (QED) is 0.418. The predicted molar refractivity (Wildman–Crippen MR) is 145 cm³/mol. The van der Waals surface area contributed by atoms with E-state index in [1.54, 1.807) is 40.7 Å². The van der Waals surface area contributed by atoms with E-state index in [-0.39, 0.29) is 27.7 Å². The van der Waals surface area contributed by atoms with Crippen molar-refractivity contribution in [1.82, 2.24) is 9.62 Å². The standard InChI is InChI=1S/C29H33ClFN3O3S/c1-27(2)25(24(35)13-11-19-8-9-19)32-26(33-27)28-16-29(17-28,18-28)34(15-20-10-12-22(30)23(31)14-20)38(36,37)21-6-4-3-5-7-21/h3-7,10,12,14,19,25H,8-9,11,13,15-18H2,1-2H3,(H,32,33)/t25-,28?,29?/m0/s1. The maximum Gasteiger partial charge on any atom is 0.243 e.